The van der Waals surface area contributed by atoms with Gasteiger partial charge in [-0.3, -0.25) is 9.59 Å². The van der Waals surface area contributed by atoms with E-state index in [1.54, 1.807) is 32.9 Å². The zero-order chi connectivity index (χ0) is 29.2. The average molecular weight is 619 g/mol. The van der Waals surface area contributed by atoms with Crippen molar-refractivity contribution in [3.8, 4) is 0 Å². The maximum atomic E-state index is 15.3. The highest BCUT2D eigenvalue weighted by Gasteiger charge is 2.34. The van der Waals surface area contributed by atoms with E-state index in [0.29, 0.717) is 12.0 Å². The van der Waals surface area contributed by atoms with E-state index in [9.17, 15) is 18.8 Å². The van der Waals surface area contributed by atoms with Gasteiger partial charge in [0.15, 0.2) is 0 Å². The Morgan fingerprint density at radius 3 is 2.45 bits per heavy atom. The van der Waals surface area contributed by atoms with Crippen LogP contribution in [-0.2, 0) is 10.1 Å². The number of fused-ring (bicyclic) bond motifs is 1. The molecule has 1 atom stereocenters. The van der Waals surface area contributed by atoms with Crippen molar-refractivity contribution in [3.63, 3.8) is 0 Å². The number of alkyl halides is 1. The van der Waals surface area contributed by atoms with Crippen LogP contribution in [0.2, 0.25) is 0 Å². The molecule has 0 bridgehead atoms. The van der Waals surface area contributed by atoms with Gasteiger partial charge in [-0.1, -0.05) is 53.5 Å². The monoisotopic (exact) mass is 617 g/mol. The Bertz CT molecular complexity index is 1480. The Morgan fingerprint density at radius 2 is 1.88 bits per heavy atom. The Hall–Kier alpha value is -3.27. The fraction of sp³-hybridized carbons (Fsp3) is 0.433. The standard InChI is InChI=1S/C30H34BrF2N3O4/c1-5-15-35(29(39)40-30(2,3)4)36-23(17-31)25(21-13-8-14-22(33)24(21)28(36)38)27(37)34-26(18-9-6-10-18)19-11-7-12-20(32)16-19/h7-8,11-14,16,18,26H,5-6,9-10,15,17H2,1-4H3,(H,34,37). The number of hydrogen-bond donors (Lipinski definition) is 1. The molecule has 2 aromatic carbocycles. The first-order chi connectivity index (χ1) is 19.0. The van der Waals surface area contributed by atoms with Crippen LogP contribution in [0, 0.1) is 17.6 Å². The van der Waals surface area contributed by atoms with E-state index >= 15 is 4.39 Å². The number of pyridine rings is 1. The summed E-state index contributed by atoms with van der Waals surface area (Å²) in [6.45, 7) is 7.02. The number of carbonyl (C=O) groups is 2. The van der Waals surface area contributed by atoms with Gasteiger partial charge in [-0.2, -0.15) is 0 Å². The molecule has 1 aliphatic carbocycles. The van der Waals surface area contributed by atoms with Gasteiger partial charge in [-0.25, -0.2) is 23.3 Å². The van der Waals surface area contributed by atoms with Gasteiger partial charge in [0.25, 0.3) is 11.5 Å². The predicted molar refractivity (Wildman–Crippen MR) is 154 cm³/mol. The zero-order valence-electron chi connectivity index (χ0n) is 23.1. The van der Waals surface area contributed by atoms with Crippen LogP contribution in [0.15, 0.2) is 47.3 Å². The molecule has 0 spiro atoms. The lowest BCUT2D eigenvalue weighted by atomic mass is 9.77. The fourth-order valence-electron chi connectivity index (χ4n) is 5.03. The molecule has 4 rings (SSSR count). The SMILES string of the molecule is CCCN(C(=O)OC(C)(C)C)n1c(CBr)c(C(=O)NC(c2cccc(F)c2)C2CCC2)c2cccc(F)c2c1=O. The number of benzene rings is 2. The maximum absolute atomic E-state index is 15.3. The second-order valence-corrected chi connectivity index (χ2v) is 11.6. The molecule has 0 aliphatic heterocycles. The molecule has 3 aromatic rings. The van der Waals surface area contributed by atoms with Gasteiger partial charge >= 0.3 is 6.09 Å². The Morgan fingerprint density at radius 1 is 1.18 bits per heavy atom. The smallest absolute Gasteiger partial charge is 0.429 e. The average Bonchev–Trinajstić information content (AvgIpc) is 2.84. The van der Waals surface area contributed by atoms with Crippen LogP contribution in [0.1, 0.15) is 81.0 Å². The highest BCUT2D eigenvalue weighted by Crippen LogP contribution is 2.38. The van der Waals surface area contributed by atoms with Crippen LogP contribution in [-0.4, -0.2) is 28.8 Å². The van der Waals surface area contributed by atoms with E-state index in [1.807, 2.05) is 6.92 Å². The van der Waals surface area contributed by atoms with Gasteiger partial charge in [0.2, 0.25) is 0 Å². The van der Waals surface area contributed by atoms with Gasteiger partial charge in [0.1, 0.15) is 17.2 Å². The molecule has 1 aromatic heterocycles. The van der Waals surface area contributed by atoms with Crippen molar-refractivity contribution in [2.75, 3.05) is 11.6 Å². The Kier molecular flexibility index (Phi) is 8.97. The third kappa shape index (κ3) is 6.06. The lowest BCUT2D eigenvalue weighted by Gasteiger charge is -2.35. The molecule has 1 aliphatic rings. The van der Waals surface area contributed by atoms with Gasteiger partial charge in [0.05, 0.1) is 22.7 Å². The maximum Gasteiger partial charge on any atom is 0.429 e. The zero-order valence-corrected chi connectivity index (χ0v) is 24.7. The van der Waals surface area contributed by atoms with E-state index in [2.05, 4.69) is 21.2 Å². The van der Waals surface area contributed by atoms with E-state index in [-0.39, 0.29) is 39.8 Å². The first-order valence-electron chi connectivity index (χ1n) is 13.5. The molecule has 2 amide bonds. The molecule has 1 unspecified atom stereocenters. The number of amides is 2. The number of rotatable bonds is 8. The van der Waals surface area contributed by atoms with Gasteiger partial charge < -0.3 is 10.1 Å². The van der Waals surface area contributed by atoms with Crippen molar-refractivity contribution >= 4 is 38.7 Å². The van der Waals surface area contributed by atoms with Crippen molar-refractivity contribution < 1.29 is 23.1 Å². The number of nitrogens with one attached hydrogen (secondary N) is 1. The Balaban J connectivity index is 1.92. The molecule has 1 saturated carbocycles. The number of carbonyl (C=O) groups excluding carboxylic acids is 2. The summed E-state index contributed by atoms with van der Waals surface area (Å²) in [5, 5.41) is 3.99. The van der Waals surface area contributed by atoms with E-state index in [1.165, 1.54) is 24.3 Å². The van der Waals surface area contributed by atoms with Crippen molar-refractivity contribution in [1.82, 2.24) is 9.99 Å². The van der Waals surface area contributed by atoms with Crippen molar-refractivity contribution in [3.05, 3.63) is 81.3 Å². The second kappa shape index (κ2) is 12.1. The van der Waals surface area contributed by atoms with Crippen LogP contribution in [0.25, 0.3) is 10.8 Å². The fourth-order valence-corrected chi connectivity index (χ4v) is 5.55. The molecule has 1 N–H and O–H groups in total. The lowest BCUT2D eigenvalue weighted by Crippen LogP contribution is -2.51. The highest BCUT2D eigenvalue weighted by molar-refractivity contribution is 9.08. The minimum Gasteiger partial charge on any atom is -0.442 e. The molecule has 1 fully saturated rings. The van der Waals surface area contributed by atoms with Crippen LogP contribution in [0.3, 0.4) is 0 Å². The summed E-state index contributed by atoms with van der Waals surface area (Å²) in [6, 6.07) is 9.72. The number of halogens is 3. The molecule has 0 saturated heterocycles. The molecular weight excluding hydrogens is 584 g/mol. The minimum atomic E-state index is -0.857. The Labute approximate surface area is 240 Å². The van der Waals surface area contributed by atoms with Crippen molar-refractivity contribution in [2.24, 2.45) is 5.92 Å². The summed E-state index contributed by atoms with van der Waals surface area (Å²) in [5.41, 5.74) is -0.782. The van der Waals surface area contributed by atoms with Gasteiger partial charge in [-0.15, -0.1) is 0 Å². The third-order valence-corrected chi connectivity index (χ3v) is 7.51. The van der Waals surface area contributed by atoms with Crippen LogP contribution in [0.4, 0.5) is 13.6 Å². The van der Waals surface area contributed by atoms with Crippen LogP contribution < -0.4 is 15.9 Å². The first-order valence-corrected chi connectivity index (χ1v) is 14.6. The van der Waals surface area contributed by atoms with Gasteiger partial charge in [-0.05, 0) is 69.7 Å². The lowest BCUT2D eigenvalue weighted by molar-refractivity contribution is 0.0534. The van der Waals surface area contributed by atoms with E-state index in [4.69, 9.17) is 4.74 Å². The summed E-state index contributed by atoms with van der Waals surface area (Å²) in [6.07, 6.45) is 2.40. The third-order valence-electron chi connectivity index (χ3n) is 6.98. The topological polar surface area (TPSA) is 80.6 Å². The van der Waals surface area contributed by atoms with Crippen LogP contribution in [0.5, 0.6) is 0 Å². The normalized spacial score (nSPS) is 14.5. The molecule has 214 valence electrons. The van der Waals surface area contributed by atoms with Gasteiger partial charge in [0, 0.05) is 17.3 Å². The molecule has 40 heavy (non-hydrogen) atoms. The summed E-state index contributed by atoms with van der Waals surface area (Å²) in [5.74, 6) is -1.68. The van der Waals surface area contributed by atoms with E-state index in [0.717, 1.165) is 35.0 Å². The number of ether oxygens (including phenoxy) is 1. The largest absolute Gasteiger partial charge is 0.442 e. The summed E-state index contributed by atoms with van der Waals surface area (Å²) in [4.78, 5) is 41.2. The number of aromatic nitrogens is 1. The second-order valence-electron chi connectivity index (χ2n) is 11.0. The summed E-state index contributed by atoms with van der Waals surface area (Å²) >= 11 is 3.41. The quantitative estimate of drug-likeness (QED) is 0.284. The van der Waals surface area contributed by atoms with Crippen molar-refractivity contribution in [2.45, 2.75) is 70.4 Å². The predicted octanol–water partition coefficient (Wildman–Crippen LogP) is 6.73. The number of nitrogens with zero attached hydrogens (tertiary/aromatic N) is 2. The molecule has 1 heterocycles. The van der Waals surface area contributed by atoms with E-state index < -0.39 is 40.8 Å². The minimum absolute atomic E-state index is 0.00845. The molecule has 0 radical (unpaired) electrons. The first kappa shape index (κ1) is 29.7. The molecular formula is C30H34BrF2N3O4. The number of hydrogen-bond acceptors (Lipinski definition) is 4. The van der Waals surface area contributed by atoms with Crippen molar-refractivity contribution in [1.29, 1.82) is 0 Å². The summed E-state index contributed by atoms with van der Waals surface area (Å²) < 4.78 is 36.0. The summed E-state index contributed by atoms with van der Waals surface area (Å²) in [7, 11) is 0. The molecule has 10 heteroatoms. The van der Waals surface area contributed by atoms with Crippen LogP contribution >= 0.6 is 15.9 Å². The molecule has 7 nitrogen and oxygen atoms in total. The highest BCUT2D eigenvalue weighted by atomic mass is 79.9.